The Bertz CT molecular complexity index is 890. The van der Waals surface area contributed by atoms with E-state index in [2.05, 4.69) is 28.2 Å². The van der Waals surface area contributed by atoms with Gasteiger partial charge >= 0.3 is 0 Å². The van der Waals surface area contributed by atoms with Crippen molar-refractivity contribution in [3.8, 4) is 0 Å². The Balaban J connectivity index is 1.91. The standard InChI is InChI=1S/C21H28N6O/c1-14-13-28-11-10-27(14)19-12-17(15-3-7-24-8-4-15)16-5-9-25-21(20(16)26-19)18(23)2-6-22/h2,5-6,9,12,14-15,22,24H,3-4,7-8,10-11,13,23H2,1H3/b18-2-,22-6?/t14-/m1/s1. The van der Waals surface area contributed by atoms with Gasteiger partial charge in [0, 0.05) is 24.3 Å². The smallest absolute Gasteiger partial charge is 0.130 e. The number of allylic oxidation sites excluding steroid dienone is 1. The Hall–Kier alpha value is -2.51. The van der Waals surface area contributed by atoms with Gasteiger partial charge in [0.05, 0.1) is 25.0 Å². The lowest BCUT2D eigenvalue weighted by Crippen LogP contribution is -2.44. The van der Waals surface area contributed by atoms with Crippen molar-refractivity contribution >= 4 is 28.6 Å². The SMILES string of the molecule is C[C@@H]1COCCN1c1cc(C2CCNCC2)c2ccnc(/C(N)=C/C=N)c2n1. The van der Waals surface area contributed by atoms with Crippen LogP contribution < -0.4 is 16.0 Å². The largest absolute Gasteiger partial charge is 0.397 e. The molecule has 2 saturated heterocycles. The summed E-state index contributed by atoms with van der Waals surface area (Å²) in [4.78, 5) is 11.8. The molecule has 148 valence electrons. The van der Waals surface area contributed by atoms with Gasteiger partial charge in [-0.3, -0.25) is 4.98 Å². The van der Waals surface area contributed by atoms with Crippen molar-refractivity contribution in [3.05, 3.63) is 35.7 Å². The molecule has 2 aliphatic rings. The normalized spacial score (nSPS) is 21.8. The van der Waals surface area contributed by atoms with E-state index in [0.29, 0.717) is 30.5 Å². The number of nitrogens with two attached hydrogens (primary N) is 1. The van der Waals surface area contributed by atoms with Crippen LogP contribution in [-0.4, -0.2) is 55.1 Å². The van der Waals surface area contributed by atoms with Crippen molar-refractivity contribution in [2.24, 2.45) is 5.73 Å². The monoisotopic (exact) mass is 380 g/mol. The van der Waals surface area contributed by atoms with Gasteiger partial charge in [0.25, 0.3) is 0 Å². The molecule has 0 amide bonds. The molecule has 0 bridgehead atoms. The molecule has 2 aliphatic heterocycles. The molecule has 0 aliphatic carbocycles. The summed E-state index contributed by atoms with van der Waals surface area (Å²) in [5.41, 5.74) is 9.49. The van der Waals surface area contributed by atoms with Crippen LogP contribution in [-0.2, 0) is 4.74 Å². The lowest BCUT2D eigenvalue weighted by atomic mass is 9.87. The Morgan fingerprint density at radius 2 is 2.21 bits per heavy atom. The van der Waals surface area contributed by atoms with Gasteiger partial charge in [0.15, 0.2) is 0 Å². The third-order valence-electron chi connectivity index (χ3n) is 5.72. The molecule has 4 heterocycles. The first kappa shape index (κ1) is 18.8. The maximum atomic E-state index is 7.36. The summed E-state index contributed by atoms with van der Waals surface area (Å²) in [6.07, 6.45) is 6.78. The molecular weight excluding hydrogens is 352 g/mol. The minimum absolute atomic E-state index is 0.272. The number of nitrogens with zero attached hydrogens (tertiary/aromatic N) is 3. The van der Waals surface area contributed by atoms with Crippen LogP contribution in [0.3, 0.4) is 0 Å². The second-order valence-corrected chi connectivity index (χ2v) is 7.56. The first-order chi connectivity index (χ1) is 13.7. The average molecular weight is 380 g/mol. The number of morpholine rings is 1. The highest BCUT2D eigenvalue weighted by Gasteiger charge is 2.25. The summed E-state index contributed by atoms with van der Waals surface area (Å²) in [6.45, 7) is 6.48. The topological polar surface area (TPSA) is 100 Å². The number of pyridine rings is 2. The summed E-state index contributed by atoms with van der Waals surface area (Å²) in [6, 6.07) is 4.59. The van der Waals surface area contributed by atoms with Crippen LogP contribution in [0.15, 0.2) is 24.4 Å². The van der Waals surface area contributed by atoms with Gasteiger partial charge in [0.1, 0.15) is 17.0 Å². The molecule has 0 spiro atoms. The lowest BCUT2D eigenvalue weighted by molar-refractivity contribution is 0.0985. The van der Waals surface area contributed by atoms with E-state index in [1.165, 1.54) is 11.8 Å². The van der Waals surface area contributed by atoms with Crippen molar-refractivity contribution in [1.29, 1.82) is 5.41 Å². The van der Waals surface area contributed by atoms with Crippen LogP contribution >= 0.6 is 0 Å². The van der Waals surface area contributed by atoms with E-state index in [0.717, 1.165) is 49.2 Å². The van der Waals surface area contributed by atoms with E-state index in [1.54, 1.807) is 12.3 Å². The van der Waals surface area contributed by atoms with Gasteiger partial charge in [-0.15, -0.1) is 0 Å². The Kier molecular flexibility index (Phi) is 5.54. The summed E-state index contributed by atoms with van der Waals surface area (Å²) < 4.78 is 5.62. The Morgan fingerprint density at radius 3 is 2.96 bits per heavy atom. The predicted molar refractivity (Wildman–Crippen MR) is 113 cm³/mol. The molecule has 4 rings (SSSR count). The second-order valence-electron chi connectivity index (χ2n) is 7.56. The third-order valence-corrected chi connectivity index (χ3v) is 5.72. The molecule has 4 N–H and O–H groups in total. The maximum Gasteiger partial charge on any atom is 0.130 e. The fourth-order valence-corrected chi connectivity index (χ4v) is 4.23. The Labute approximate surface area is 165 Å². The number of fused-ring (bicyclic) bond motifs is 1. The van der Waals surface area contributed by atoms with E-state index < -0.39 is 0 Å². The summed E-state index contributed by atoms with van der Waals surface area (Å²) >= 11 is 0. The molecular formula is C21H28N6O. The molecule has 0 unspecified atom stereocenters. The number of anilines is 1. The minimum Gasteiger partial charge on any atom is -0.397 e. The first-order valence-electron chi connectivity index (χ1n) is 10.0. The lowest BCUT2D eigenvalue weighted by Gasteiger charge is -2.35. The highest BCUT2D eigenvalue weighted by atomic mass is 16.5. The number of ether oxygens (including phenoxy) is 1. The Morgan fingerprint density at radius 1 is 1.39 bits per heavy atom. The van der Waals surface area contributed by atoms with E-state index in [-0.39, 0.29) is 6.04 Å². The van der Waals surface area contributed by atoms with E-state index in [9.17, 15) is 0 Å². The average Bonchev–Trinajstić information content (AvgIpc) is 2.73. The van der Waals surface area contributed by atoms with Gasteiger partial charge in [-0.05, 0) is 62.5 Å². The predicted octanol–water partition coefficient (Wildman–Crippen LogP) is 2.27. The minimum atomic E-state index is 0.272. The van der Waals surface area contributed by atoms with E-state index in [4.69, 9.17) is 20.9 Å². The highest BCUT2D eigenvalue weighted by molar-refractivity contribution is 5.94. The van der Waals surface area contributed by atoms with Crippen LogP contribution in [0.25, 0.3) is 16.6 Å². The number of nitrogens with one attached hydrogen (secondary N) is 2. The molecule has 2 aromatic heterocycles. The molecule has 28 heavy (non-hydrogen) atoms. The number of hydrogen-bond donors (Lipinski definition) is 3. The summed E-state index contributed by atoms with van der Waals surface area (Å²) in [5.74, 6) is 1.46. The zero-order valence-electron chi connectivity index (χ0n) is 16.3. The van der Waals surface area contributed by atoms with E-state index in [1.807, 2.05) is 6.07 Å². The molecule has 2 aromatic rings. The molecule has 7 nitrogen and oxygen atoms in total. The van der Waals surface area contributed by atoms with Crippen LogP contribution in [0.1, 0.15) is 36.9 Å². The van der Waals surface area contributed by atoms with Gasteiger partial charge < -0.3 is 26.1 Å². The first-order valence-corrected chi connectivity index (χ1v) is 10.0. The van der Waals surface area contributed by atoms with Crippen molar-refractivity contribution in [2.75, 3.05) is 37.7 Å². The van der Waals surface area contributed by atoms with E-state index >= 15 is 0 Å². The zero-order valence-corrected chi connectivity index (χ0v) is 16.3. The zero-order chi connectivity index (χ0) is 19.5. The van der Waals surface area contributed by atoms with Crippen LogP contribution in [0.5, 0.6) is 0 Å². The number of aromatic nitrogens is 2. The second kappa shape index (κ2) is 8.24. The molecule has 0 aromatic carbocycles. The maximum absolute atomic E-state index is 7.36. The fraction of sp³-hybridized carbons (Fsp3) is 0.476. The molecule has 7 heteroatoms. The number of piperidine rings is 1. The summed E-state index contributed by atoms with van der Waals surface area (Å²) in [5, 5.41) is 11.9. The fourth-order valence-electron chi connectivity index (χ4n) is 4.23. The molecule has 0 radical (unpaired) electrons. The van der Waals surface area contributed by atoms with Gasteiger partial charge in [0.2, 0.25) is 0 Å². The van der Waals surface area contributed by atoms with Gasteiger partial charge in [-0.2, -0.15) is 0 Å². The van der Waals surface area contributed by atoms with Gasteiger partial charge in [-0.25, -0.2) is 4.98 Å². The highest BCUT2D eigenvalue weighted by Crippen LogP contribution is 2.35. The van der Waals surface area contributed by atoms with Crippen molar-refractivity contribution in [2.45, 2.75) is 31.7 Å². The van der Waals surface area contributed by atoms with Crippen molar-refractivity contribution in [3.63, 3.8) is 0 Å². The molecule has 2 fully saturated rings. The number of rotatable bonds is 4. The summed E-state index contributed by atoms with van der Waals surface area (Å²) in [7, 11) is 0. The van der Waals surface area contributed by atoms with Gasteiger partial charge in [-0.1, -0.05) is 0 Å². The number of hydrogen-bond acceptors (Lipinski definition) is 7. The van der Waals surface area contributed by atoms with Crippen LogP contribution in [0.2, 0.25) is 0 Å². The third kappa shape index (κ3) is 3.59. The van der Waals surface area contributed by atoms with Crippen molar-refractivity contribution < 1.29 is 4.74 Å². The van der Waals surface area contributed by atoms with Crippen molar-refractivity contribution in [1.82, 2.24) is 15.3 Å². The molecule has 1 atom stereocenters. The van der Waals surface area contributed by atoms with Crippen LogP contribution in [0, 0.1) is 5.41 Å². The van der Waals surface area contributed by atoms with Crippen LogP contribution in [0.4, 0.5) is 5.82 Å². The molecule has 0 saturated carbocycles. The quantitative estimate of drug-likeness (QED) is 0.704.